The third-order valence-corrected chi connectivity index (χ3v) is 6.43. The molecule has 0 radical (unpaired) electrons. The molecule has 8 heteroatoms. The molecule has 2 unspecified atom stereocenters. The molecule has 1 fully saturated rings. The number of hydrogen-bond donors (Lipinski definition) is 1. The highest BCUT2D eigenvalue weighted by Crippen LogP contribution is 2.30. The van der Waals surface area contributed by atoms with E-state index in [0.29, 0.717) is 26.4 Å². The van der Waals surface area contributed by atoms with Crippen LogP contribution in [0.5, 0.6) is 0 Å². The van der Waals surface area contributed by atoms with Crippen molar-refractivity contribution in [2.75, 3.05) is 0 Å². The van der Waals surface area contributed by atoms with E-state index in [2.05, 4.69) is 24.4 Å². The van der Waals surface area contributed by atoms with Crippen LogP contribution in [0.1, 0.15) is 43.6 Å². The van der Waals surface area contributed by atoms with Crippen molar-refractivity contribution in [3.63, 3.8) is 0 Å². The minimum absolute atomic E-state index is 0.250. The predicted octanol–water partition coefficient (Wildman–Crippen LogP) is 6.41. The van der Waals surface area contributed by atoms with Gasteiger partial charge in [0.2, 0.25) is 0 Å². The molecule has 2 aromatic carbocycles. The van der Waals surface area contributed by atoms with Gasteiger partial charge in [-0.15, -0.1) is 0 Å². The molecule has 0 aliphatic carbocycles. The van der Waals surface area contributed by atoms with E-state index in [1.807, 2.05) is 17.1 Å². The number of hydrogen-bond acceptors (Lipinski definition) is 3. The van der Waals surface area contributed by atoms with Crippen LogP contribution in [0, 0.1) is 0 Å². The molecule has 1 aromatic heterocycles. The monoisotopic (exact) mass is 476 g/mol. The Labute approximate surface area is 196 Å². The van der Waals surface area contributed by atoms with Crippen molar-refractivity contribution in [1.82, 2.24) is 20.2 Å². The van der Waals surface area contributed by atoms with Crippen LogP contribution in [0.3, 0.4) is 0 Å². The van der Waals surface area contributed by atoms with Crippen LogP contribution >= 0.6 is 34.8 Å². The van der Waals surface area contributed by atoms with Crippen LogP contribution in [0.25, 0.3) is 16.9 Å². The number of nitrogens with one attached hydrogen (secondary N) is 1. The molecule has 1 N–H and O–H groups in total. The number of carbonyl (C=O) groups excluding carboxylic acids is 1. The Morgan fingerprint density at radius 3 is 2.26 bits per heavy atom. The van der Waals surface area contributed by atoms with E-state index in [4.69, 9.17) is 34.8 Å². The number of nitrogens with zero attached hydrogens (tertiary/aromatic N) is 3. The van der Waals surface area contributed by atoms with Gasteiger partial charge in [-0.1, -0.05) is 53.4 Å². The molecule has 5 nitrogen and oxygen atoms in total. The fraction of sp³-hybridized carbons (Fsp3) is 0.304. The van der Waals surface area contributed by atoms with Crippen molar-refractivity contribution in [3.05, 3.63) is 69.3 Å². The van der Waals surface area contributed by atoms with Gasteiger partial charge >= 0.3 is 0 Å². The lowest BCUT2D eigenvalue weighted by molar-refractivity contribution is 0.0366. The molecule has 2 heterocycles. The Balaban J connectivity index is 1.74. The molecule has 0 saturated carbocycles. The van der Waals surface area contributed by atoms with Crippen LogP contribution in [-0.4, -0.2) is 32.8 Å². The second-order valence-electron chi connectivity index (χ2n) is 7.91. The second-order valence-corrected chi connectivity index (χ2v) is 9.19. The number of hydrazine groups is 1. The third kappa shape index (κ3) is 4.75. The Morgan fingerprint density at radius 1 is 0.968 bits per heavy atom. The van der Waals surface area contributed by atoms with Crippen LogP contribution in [0.2, 0.25) is 15.1 Å². The first kappa shape index (κ1) is 22.2. The SMILES string of the molecule is CC1CCCC(C)N1NC(=O)c1cc(-c2ccc(Cl)cc2)n(-c2ccc(Cl)cc2Cl)n1. The van der Waals surface area contributed by atoms with Crippen molar-refractivity contribution in [1.29, 1.82) is 0 Å². The van der Waals surface area contributed by atoms with Gasteiger partial charge in [0.25, 0.3) is 5.91 Å². The molecule has 31 heavy (non-hydrogen) atoms. The summed E-state index contributed by atoms with van der Waals surface area (Å²) in [6, 6.07) is 14.9. The Bertz CT molecular complexity index is 1090. The summed E-state index contributed by atoms with van der Waals surface area (Å²) in [6.07, 6.45) is 3.27. The van der Waals surface area contributed by atoms with Crippen molar-refractivity contribution in [3.8, 4) is 16.9 Å². The number of amides is 1. The Hall–Kier alpha value is -2.05. The first-order valence-electron chi connectivity index (χ1n) is 10.2. The maximum absolute atomic E-state index is 13.1. The van der Waals surface area contributed by atoms with Gasteiger partial charge in [-0.05, 0) is 63.1 Å². The van der Waals surface area contributed by atoms with Crippen molar-refractivity contribution in [2.24, 2.45) is 0 Å². The van der Waals surface area contributed by atoms with E-state index in [9.17, 15) is 4.79 Å². The maximum Gasteiger partial charge on any atom is 0.286 e. The summed E-state index contributed by atoms with van der Waals surface area (Å²) < 4.78 is 1.67. The number of aromatic nitrogens is 2. The van der Waals surface area contributed by atoms with Crippen molar-refractivity contribution >= 4 is 40.7 Å². The first-order valence-corrected chi connectivity index (χ1v) is 11.4. The van der Waals surface area contributed by atoms with E-state index in [1.54, 1.807) is 41.1 Å². The van der Waals surface area contributed by atoms with Crippen molar-refractivity contribution < 1.29 is 4.79 Å². The summed E-state index contributed by atoms with van der Waals surface area (Å²) in [4.78, 5) is 13.1. The third-order valence-electron chi connectivity index (χ3n) is 5.64. The molecule has 2 atom stereocenters. The lowest BCUT2D eigenvalue weighted by atomic mass is 10.00. The van der Waals surface area contributed by atoms with Gasteiger partial charge in [0.15, 0.2) is 5.69 Å². The molecule has 1 saturated heterocycles. The molecule has 162 valence electrons. The predicted molar refractivity (Wildman–Crippen MR) is 126 cm³/mol. The fourth-order valence-electron chi connectivity index (χ4n) is 3.97. The first-order chi connectivity index (χ1) is 14.8. The minimum Gasteiger partial charge on any atom is -0.283 e. The van der Waals surface area contributed by atoms with Gasteiger partial charge < -0.3 is 0 Å². The lowest BCUT2D eigenvalue weighted by Crippen LogP contribution is -2.54. The summed E-state index contributed by atoms with van der Waals surface area (Å²) in [5.74, 6) is -0.250. The van der Waals surface area contributed by atoms with Gasteiger partial charge in [-0.3, -0.25) is 10.2 Å². The zero-order chi connectivity index (χ0) is 22.1. The largest absolute Gasteiger partial charge is 0.286 e. The maximum atomic E-state index is 13.1. The van der Waals surface area contributed by atoms with E-state index >= 15 is 0 Å². The summed E-state index contributed by atoms with van der Waals surface area (Å²) >= 11 is 18.6. The number of benzene rings is 2. The van der Waals surface area contributed by atoms with Crippen LogP contribution in [0.4, 0.5) is 0 Å². The molecule has 0 bridgehead atoms. The zero-order valence-corrected chi connectivity index (χ0v) is 19.5. The number of piperidine rings is 1. The molecule has 1 aliphatic heterocycles. The van der Waals surface area contributed by atoms with Crippen molar-refractivity contribution in [2.45, 2.75) is 45.2 Å². The van der Waals surface area contributed by atoms with Gasteiger partial charge in [-0.2, -0.15) is 5.10 Å². The standard InChI is InChI=1S/C23H23Cl3N4O/c1-14-4-3-5-15(2)29(14)28-23(31)20-13-22(16-6-8-17(24)9-7-16)30(27-20)21-11-10-18(25)12-19(21)26/h6-15H,3-5H2,1-2H3,(H,28,31). The van der Waals surface area contributed by atoms with Gasteiger partial charge in [0.1, 0.15) is 0 Å². The molecule has 4 rings (SSSR count). The van der Waals surface area contributed by atoms with Gasteiger partial charge in [-0.25, -0.2) is 9.69 Å². The van der Waals surface area contributed by atoms with E-state index in [1.165, 1.54) is 6.42 Å². The molecular weight excluding hydrogens is 455 g/mol. The highest BCUT2D eigenvalue weighted by Gasteiger charge is 2.28. The summed E-state index contributed by atoms with van der Waals surface area (Å²) in [5, 5.41) is 8.23. The molecule has 1 amide bonds. The summed E-state index contributed by atoms with van der Waals surface area (Å²) in [5.41, 5.74) is 5.59. The summed E-state index contributed by atoms with van der Waals surface area (Å²) in [7, 11) is 0. The molecule has 1 aliphatic rings. The molecule has 3 aromatic rings. The van der Waals surface area contributed by atoms with Crippen LogP contribution in [-0.2, 0) is 0 Å². The van der Waals surface area contributed by atoms with E-state index in [0.717, 1.165) is 24.1 Å². The average Bonchev–Trinajstić information content (AvgIpc) is 3.16. The van der Waals surface area contributed by atoms with E-state index in [-0.39, 0.29) is 18.0 Å². The fourth-order valence-corrected chi connectivity index (χ4v) is 4.59. The highest BCUT2D eigenvalue weighted by molar-refractivity contribution is 6.35. The van der Waals surface area contributed by atoms with Gasteiger partial charge in [0.05, 0.1) is 16.4 Å². The normalized spacial score (nSPS) is 19.4. The zero-order valence-electron chi connectivity index (χ0n) is 17.3. The topological polar surface area (TPSA) is 50.2 Å². The van der Waals surface area contributed by atoms with E-state index < -0.39 is 0 Å². The number of rotatable bonds is 4. The average molecular weight is 478 g/mol. The minimum atomic E-state index is -0.250. The number of carbonyl (C=O) groups is 1. The number of halogens is 3. The Morgan fingerprint density at radius 2 is 1.61 bits per heavy atom. The van der Waals surface area contributed by atoms with Gasteiger partial charge in [0, 0.05) is 27.7 Å². The van der Waals surface area contributed by atoms with Crippen LogP contribution in [0.15, 0.2) is 48.5 Å². The van der Waals surface area contributed by atoms with Crippen LogP contribution < -0.4 is 5.43 Å². The molecule has 0 spiro atoms. The second kappa shape index (κ2) is 9.21. The smallest absolute Gasteiger partial charge is 0.283 e. The quantitative estimate of drug-likeness (QED) is 0.472. The molecular formula is C23H23Cl3N4O. The lowest BCUT2D eigenvalue weighted by Gasteiger charge is -2.38. The highest BCUT2D eigenvalue weighted by atomic mass is 35.5. The Kier molecular flexibility index (Phi) is 6.58. The summed E-state index contributed by atoms with van der Waals surface area (Å²) in [6.45, 7) is 4.25.